The molecular formula is C12H14O3. The Morgan fingerprint density at radius 2 is 2.00 bits per heavy atom. The standard InChI is InChI=1S/C12H14O3/c1-15-11(13)9-7-12(14,8-9)10-5-3-2-4-6-10/h2-6,9,14H,7-8H2,1H3. The molecular weight excluding hydrogens is 192 g/mol. The summed E-state index contributed by atoms with van der Waals surface area (Å²) in [6.45, 7) is 0. The average molecular weight is 206 g/mol. The van der Waals surface area contributed by atoms with E-state index in [-0.39, 0.29) is 11.9 Å². The molecule has 15 heavy (non-hydrogen) atoms. The van der Waals surface area contributed by atoms with Gasteiger partial charge in [-0.3, -0.25) is 4.79 Å². The lowest BCUT2D eigenvalue weighted by Gasteiger charge is -2.42. The molecule has 1 fully saturated rings. The van der Waals surface area contributed by atoms with Crippen LogP contribution in [0.15, 0.2) is 30.3 Å². The number of esters is 1. The highest BCUT2D eigenvalue weighted by molar-refractivity contribution is 5.74. The number of aliphatic hydroxyl groups is 1. The van der Waals surface area contributed by atoms with Gasteiger partial charge in [-0.1, -0.05) is 30.3 Å². The predicted molar refractivity (Wildman–Crippen MR) is 55.1 cm³/mol. The molecule has 1 aromatic carbocycles. The first-order valence-electron chi connectivity index (χ1n) is 5.01. The van der Waals surface area contributed by atoms with E-state index in [4.69, 9.17) is 0 Å². The Morgan fingerprint density at radius 3 is 2.53 bits per heavy atom. The van der Waals surface area contributed by atoms with Crippen LogP contribution in [0.25, 0.3) is 0 Å². The van der Waals surface area contributed by atoms with Crippen molar-refractivity contribution < 1.29 is 14.6 Å². The van der Waals surface area contributed by atoms with Gasteiger partial charge in [0.2, 0.25) is 0 Å². The first kappa shape index (κ1) is 10.2. The monoisotopic (exact) mass is 206 g/mol. The van der Waals surface area contributed by atoms with Crippen LogP contribution in [0.5, 0.6) is 0 Å². The van der Waals surface area contributed by atoms with Crippen LogP contribution in [0, 0.1) is 5.92 Å². The number of carbonyl (C=O) groups excluding carboxylic acids is 1. The fourth-order valence-corrected chi connectivity index (χ4v) is 2.07. The minimum Gasteiger partial charge on any atom is -0.469 e. The highest BCUT2D eigenvalue weighted by Gasteiger charge is 2.47. The second kappa shape index (κ2) is 3.66. The third kappa shape index (κ3) is 1.75. The summed E-state index contributed by atoms with van der Waals surface area (Å²) in [5.41, 5.74) is 0.0466. The van der Waals surface area contributed by atoms with E-state index in [0.29, 0.717) is 12.8 Å². The van der Waals surface area contributed by atoms with E-state index in [1.165, 1.54) is 7.11 Å². The fourth-order valence-electron chi connectivity index (χ4n) is 2.07. The summed E-state index contributed by atoms with van der Waals surface area (Å²) in [4.78, 5) is 11.2. The van der Waals surface area contributed by atoms with E-state index in [9.17, 15) is 9.90 Å². The number of hydrogen-bond acceptors (Lipinski definition) is 3. The van der Waals surface area contributed by atoms with Crippen LogP contribution in [0.4, 0.5) is 0 Å². The highest BCUT2D eigenvalue weighted by atomic mass is 16.5. The third-order valence-electron chi connectivity index (χ3n) is 3.01. The molecule has 1 aliphatic carbocycles. The second-order valence-corrected chi connectivity index (χ2v) is 4.03. The highest BCUT2D eigenvalue weighted by Crippen LogP contribution is 2.45. The topological polar surface area (TPSA) is 46.5 Å². The third-order valence-corrected chi connectivity index (χ3v) is 3.01. The van der Waals surface area contributed by atoms with Crippen LogP contribution in [0.1, 0.15) is 18.4 Å². The maximum atomic E-state index is 11.2. The number of carbonyl (C=O) groups is 1. The molecule has 0 saturated heterocycles. The zero-order chi connectivity index (χ0) is 10.9. The summed E-state index contributed by atoms with van der Waals surface area (Å²) in [6, 6.07) is 9.45. The molecule has 1 aliphatic rings. The van der Waals surface area contributed by atoms with Gasteiger partial charge in [0.25, 0.3) is 0 Å². The quantitative estimate of drug-likeness (QED) is 0.745. The second-order valence-electron chi connectivity index (χ2n) is 4.03. The van der Waals surface area contributed by atoms with Gasteiger partial charge in [0.05, 0.1) is 18.6 Å². The van der Waals surface area contributed by atoms with E-state index < -0.39 is 5.60 Å². The van der Waals surface area contributed by atoms with E-state index in [1.54, 1.807) is 0 Å². The molecule has 0 spiro atoms. The number of hydrogen-bond donors (Lipinski definition) is 1. The van der Waals surface area contributed by atoms with Gasteiger partial charge >= 0.3 is 5.97 Å². The van der Waals surface area contributed by atoms with Gasteiger partial charge in [0.15, 0.2) is 0 Å². The van der Waals surface area contributed by atoms with Crippen molar-refractivity contribution in [1.29, 1.82) is 0 Å². The molecule has 1 N–H and O–H groups in total. The van der Waals surface area contributed by atoms with Crippen LogP contribution < -0.4 is 0 Å². The zero-order valence-electron chi connectivity index (χ0n) is 8.64. The first-order chi connectivity index (χ1) is 7.15. The summed E-state index contributed by atoms with van der Waals surface area (Å²) in [6.07, 6.45) is 0.924. The molecule has 1 saturated carbocycles. The Morgan fingerprint density at radius 1 is 1.40 bits per heavy atom. The van der Waals surface area contributed by atoms with Crippen LogP contribution in [0.2, 0.25) is 0 Å². The van der Waals surface area contributed by atoms with Gasteiger partial charge in [-0.2, -0.15) is 0 Å². The molecule has 0 unspecified atom stereocenters. The Kier molecular flexibility index (Phi) is 2.49. The molecule has 0 aliphatic heterocycles. The van der Waals surface area contributed by atoms with E-state index in [1.807, 2.05) is 30.3 Å². The van der Waals surface area contributed by atoms with Gasteiger partial charge in [0, 0.05) is 0 Å². The molecule has 80 valence electrons. The van der Waals surface area contributed by atoms with E-state index in [0.717, 1.165) is 5.56 Å². The number of benzene rings is 1. The van der Waals surface area contributed by atoms with Gasteiger partial charge in [-0.25, -0.2) is 0 Å². The SMILES string of the molecule is COC(=O)C1CC(O)(c2ccccc2)C1. The van der Waals surface area contributed by atoms with Crippen molar-refractivity contribution in [3.8, 4) is 0 Å². The minimum absolute atomic E-state index is 0.153. The van der Waals surface area contributed by atoms with Crippen LogP contribution >= 0.6 is 0 Å². The molecule has 1 aromatic rings. The smallest absolute Gasteiger partial charge is 0.308 e. The summed E-state index contributed by atoms with van der Waals surface area (Å²) >= 11 is 0. The van der Waals surface area contributed by atoms with Gasteiger partial charge in [0.1, 0.15) is 0 Å². The minimum atomic E-state index is -0.833. The van der Waals surface area contributed by atoms with Crippen LogP contribution in [0.3, 0.4) is 0 Å². The van der Waals surface area contributed by atoms with Crippen molar-refractivity contribution >= 4 is 5.97 Å². The molecule has 0 atom stereocenters. The van der Waals surface area contributed by atoms with Crippen molar-refractivity contribution in [3.63, 3.8) is 0 Å². The van der Waals surface area contributed by atoms with E-state index in [2.05, 4.69) is 4.74 Å². The first-order valence-corrected chi connectivity index (χ1v) is 5.01. The summed E-state index contributed by atoms with van der Waals surface area (Å²) in [7, 11) is 1.38. The number of ether oxygens (including phenoxy) is 1. The molecule has 0 aromatic heterocycles. The fraction of sp³-hybridized carbons (Fsp3) is 0.417. The molecule has 0 bridgehead atoms. The Balaban J connectivity index is 2.06. The molecule has 0 amide bonds. The van der Waals surface area contributed by atoms with Crippen molar-refractivity contribution in [3.05, 3.63) is 35.9 Å². The molecule has 3 heteroatoms. The lowest BCUT2D eigenvalue weighted by Crippen LogP contribution is -2.44. The lowest BCUT2D eigenvalue weighted by molar-refractivity contribution is -0.163. The molecule has 3 nitrogen and oxygen atoms in total. The van der Waals surface area contributed by atoms with Gasteiger partial charge < -0.3 is 9.84 Å². The molecule has 0 radical (unpaired) electrons. The van der Waals surface area contributed by atoms with Crippen molar-refractivity contribution in [1.82, 2.24) is 0 Å². The summed E-state index contributed by atoms with van der Waals surface area (Å²) in [5, 5.41) is 10.2. The normalized spacial score (nSPS) is 29.3. The van der Waals surface area contributed by atoms with Crippen LogP contribution in [-0.2, 0) is 15.1 Å². The average Bonchev–Trinajstić information content (AvgIpc) is 2.25. The van der Waals surface area contributed by atoms with Crippen LogP contribution in [-0.4, -0.2) is 18.2 Å². The lowest BCUT2D eigenvalue weighted by atomic mass is 9.67. The molecule has 2 rings (SSSR count). The Bertz CT molecular complexity index is 352. The van der Waals surface area contributed by atoms with Crippen molar-refractivity contribution in [2.45, 2.75) is 18.4 Å². The molecule has 0 heterocycles. The van der Waals surface area contributed by atoms with Gasteiger partial charge in [-0.15, -0.1) is 0 Å². The predicted octanol–water partition coefficient (Wildman–Crippen LogP) is 1.46. The zero-order valence-corrected chi connectivity index (χ0v) is 8.64. The Hall–Kier alpha value is -1.35. The summed E-state index contributed by atoms with van der Waals surface area (Å²) in [5.74, 6) is -0.379. The Labute approximate surface area is 88.7 Å². The maximum absolute atomic E-state index is 11.2. The van der Waals surface area contributed by atoms with Crippen molar-refractivity contribution in [2.75, 3.05) is 7.11 Å². The largest absolute Gasteiger partial charge is 0.469 e. The number of rotatable bonds is 2. The van der Waals surface area contributed by atoms with Crippen molar-refractivity contribution in [2.24, 2.45) is 5.92 Å². The maximum Gasteiger partial charge on any atom is 0.308 e. The van der Waals surface area contributed by atoms with E-state index >= 15 is 0 Å². The van der Waals surface area contributed by atoms with Gasteiger partial charge in [-0.05, 0) is 18.4 Å². The summed E-state index contributed by atoms with van der Waals surface area (Å²) < 4.78 is 4.63. The number of methoxy groups -OCH3 is 1.